The molecule has 0 aromatic heterocycles. The summed E-state index contributed by atoms with van der Waals surface area (Å²) in [5.41, 5.74) is 3.42. The van der Waals surface area contributed by atoms with Crippen LogP contribution < -0.4 is 0 Å². The summed E-state index contributed by atoms with van der Waals surface area (Å²) in [4.78, 5) is 11.2. The summed E-state index contributed by atoms with van der Waals surface area (Å²) in [6, 6.07) is 7.93. The maximum Gasteiger partial charge on any atom is 0.159 e. The summed E-state index contributed by atoms with van der Waals surface area (Å²) in [6.45, 7) is 5.94. The lowest BCUT2D eigenvalue weighted by Crippen LogP contribution is -1.92. The lowest BCUT2D eigenvalue weighted by Gasteiger charge is -2.07. The molecule has 0 aliphatic heterocycles. The Bertz CT molecular complexity index is 371. The quantitative estimate of drug-likeness (QED) is 0.663. The van der Waals surface area contributed by atoms with E-state index in [1.807, 2.05) is 24.3 Å². The van der Waals surface area contributed by atoms with E-state index in [2.05, 4.69) is 19.9 Å². The minimum Gasteiger partial charge on any atom is -0.295 e. The Hall–Kier alpha value is -1.37. The molecule has 0 atom stereocenters. The molecule has 16 heavy (non-hydrogen) atoms. The fourth-order valence-corrected chi connectivity index (χ4v) is 1.80. The number of Topliss-reactive ketones (excluding diaryl/α,β-unsaturated/α-hetero) is 1. The van der Waals surface area contributed by atoms with E-state index >= 15 is 0 Å². The number of rotatable bonds is 5. The molecule has 1 rings (SSSR count). The highest BCUT2D eigenvalue weighted by molar-refractivity contribution is 5.94. The first kappa shape index (κ1) is 12.7. The number of allylic oxidation sites excluding steroid dienone is 2. The molecule has 0 bridgehead atoms. The van der Waals surface area contributed by atoms with Crippen LogP contribution in [0.15, 0.2) is 30.3 Å². The second kappa shape index (κ2) is 6.26. The summed E-state index contributed by atoms with van der Waals surface area (Å²) >= 11 is 0. The first-order valence-corrected chi connectivity index (χ1v) is 5.99. The third-order valence-corrected chi connectivity index (χ3v) is 2.63. The summed E-state index contributed by atoms with van der Waals surface area (Å²) in [5, 5.41) is 0. The van der Waals surface area contributed by atoms with Gasteiger partial charge in [-0.05, 0) is 30.9 Å². The Labute approximate surface area is 98.2 Å². The monoisotopic (exact) mass is 216 g/mol. The van der Waals surface area contributed by atoms with Gasteiger partial charge in [-0.3, -0.25) is 4.79 Å². The smallest absolute Gasteiger partial charge is 0.159 e. The molecular formula is C15H20O. The van der Waals surface area contributed by atoms with Crippen molar-refractivity contribution in [3.05, 3.63) is 41.5 Å². The van der Waals surface area contributed by atoms with Crippen molar-refractivity contribution < 1.29 is 4.79 Å². The maximum atomic E-state index is 11.2. The van der Waals surface area contributed by atoms with E-state index in [-0.39, 0.29) is 5.78 Å². The van der Waals surface area contributed by atoms with Gasteiger partial charge in [-0.1, -0.05) is 50.6 Å². The van der Waals surface area contributed by atoms with Crippen molar-refractivity contribution in [3.63, 3.8) is 0 Å². The summed E-state index contributed by atoms with van der Waals surface area (Å²) in [6.07, 6.45) is 5.59. The number of benzene rings is 1. The SMILES string of the molecule is CC/C=C(\CCC)c1ccc(C(C)=O)cc1. The van der Waals surface area contributed by atoms with Crippen LogP contribution in [-0.2, 0) is 0 Å². The Morgan fingerprint density at radius 1 is 1.12 bits per heavy atom. The van der Waals surface area contributed by atoms with Gasteiger partial charge in [0.05, 0.1) is 0 Å². The molecule has 0 unspecified atom stereocenters. The molecule has 0 aliphatic carbocycles. The Morgan fingerprint density at radius 2 is 1.69 bits per heavy atom. The number of carbonyl (C=O) groups is 1. The van der Waals surface area contributed by atoms with Gasteiger partial charge in [0.2, 0.25) is 0 Å². The molecule has 0 fully saturated rings. The molecular weight excluding hydrogens is 196 g/mol. The molecule has 86 valence electrons. The molecule has 0 saturated heterocycles. The zero-order chi connectivity index (χ0) is 12.0. The Kier molecular flexibility index (Phi) is 4.97. The van der Waals surface area contributed by atoms with Crippen LogP contribution in [0.2, 0.25) is 0 Å². The van der Waals surface area contributed by atoms with Crippen LogP contribution >= 0.6 is 0 Å². The van der Waals surface area contributed by atoms with Gasteiger partial charge in [-0.2, -0.15) is 0 Å². The summed E-state index contributed by atoms with van der Waals surface area (Å²) in [7, 11) is 0. The first-order valence-electron chi connectivity index (χ1n) is 5.99. The number of carbonyl (C=O) groups excluding carboxylic acids is 1. The minimum absolute atomic E-state index is 0.128. The third kappa shape index (κ3) is 3.34. The topological polar surface area (TPSA) is 17.1 Å². The molecule has 0 N–H and O–H groups in total. The van der Waals surface area contributed by atoms with E-state index in [0.717, 1.165) is 24.8 Å². The van der Waals surface area contributed by atoms with Crippen LogP contribution in [0.1, 0.15) is 56.0 Å². The van der Waals surface area contributed by atoms with Gasteiger partial charge in [0.15, 0.2) is 5.78 Å². The van der Waals surface area contributed by atoms with Gasteiger partial charge >= 0.3 is 0 Å². The van der Waals surface area contributed by atoms with Crippen LogP contribution in [0.25, 0.3) is 5.57 Å². The molecule has 0 saturated carbocycles. The second-order valence-electron chi connectivity index (χ2n) is 4.02. The Morgan fingerprint density at radius 3 is 2.12 bits per heavy atom. The van der Waals surface area contributed by atoms with Crippen molar-refractivity contribution in [2.45, 2.75) is 40.0 Å². The summed E-state index contributed by atoms with van der Waals surface area (Å²) < 4.78 is 0. The first-order chi connectivity index (χ1) is 7.69. The van der Waals surface area contributed by atoms with Crippen molar-refractivity contribution in [3.8, 4) is 0 Å². The molecule has 1 heteroatoms. The lowest BCUT2D eigenvalue weighted by molar-refractivity contribution is 0.101. The maximum absolute atomic E-state index is 11.2. The zero-order valence-electron chi connectivity index (χ0n) is 10.4. The van der Waals surface area contributed by atoms with Crippen molar-refractivity contribution >= 4 is 11.4 Å². The Balaban J connectivity index is 2.94. The molecule has 0 heterocycles. The highest BCUT2D eigenvalue weighted by Gasteiger charge is 2.02. The van der Waals surface area contributed by atoms with Crippen molar-refractivity contribution in [1.29, 1.82) is 0 Å². The average molecular weight is 216 g/mol. The zero-order valence-corrected chi connectivity index (χ0v) is 10.4. The highest BCUT2D eigenvalue weighted by atomic mass is 16.1. The van der Waals surface area contributed by atoms with Gasteiger partial charge in [0.25, 0.3) is 0 Å². The average Bonchev–Trinajstić information content (AvgIpc) is 2.29. The highest BCUT2D eigenvalue weighted by Crippen LogP contribution is 2.21. The number of ketones is 1. The number of hydrogen-bond acceptors (Lipinski definition) is 1. The third-order valence-electron chi connectivity index (χ3n) is 2.63. The summed E-state index contributed by atoms with van der Waals surface area (Å²) in [5.74, 6) is 0.128. The minimum atomic E-state index is 0.128. The predicted octanol–water partition coefficient (Wildman–Crippen LogP) is 4.48. The fraction of sp³-hybridized carbons (Fsp3) is 0.400. The van der Waals surface area contributed by atoms with Gasteiger partial charge in [-0.15, -0.1) is 0 Å². The van der Waals surface area contributed by atoms with E-state index in [1.54, 1.807) is 6.92 Å². The van der Waals surface area contributed by atoms with Gasteiger partial charge in [-0.25, -0.2) is 0 Å². The van der Waals surface area contributed by atoms with Crippen LogP contribution in [0.4, 0.5) is 0 Å². The van der Waals surface area contributed by atoms with Crippen LogP contribution in [0.3, 0.4) is 0 Å². The van der Waals surface area contributed by atoms with Gasteiger partial charge < -0.3 is 0 Å². The number of hydrogen-bond donors (Lipinski definition) is 0. The largest absolute Gasteiger partial charge is 0.295 e. The molecule has 0 aliphatic rings. The van der Waals surface area contributed by atoms with E-state index in [9.17, 15) is 4.79 Å². The normalized spacial score (nSPS) is 11.6. The van der Waals surface area contributed by atoms with E-state index in [0.29, 0.717) is 0 Å². The van der Waals surface area contributed by atoms with E-state index < -0.39 is 0 Å². The van der Waals surface area contributed by atoms with Crippen molar-refractivity contribution in [2.75, 3.05) is 0 Å². The van der Waals surface area contributed by atoms with Gasteiger partial charge in [0.1, 0.15) is 0 Å². The van der Waals surface area contributed by atoms with Crippen molar-refractivity contribution in [1.82, 2.24) is 0 Å². The lowest BCUT2D eigenvalue weighted by atomic mass is 9.98. The molecule has 0 amide bonds. The standard InChI is InChI=1S/C15H20O/c1-4-6-14(7-5-2)15-10-8-13(9-11-15)12(3)16/h6,8-11H,4-5,7H2,1-3H3/b14-6+. The molecule has 0 radical (unpaired) electrons. The molecule has 0 spiro atoms. The van der Waals surface area contributed by atoms with Crippen LogP contribution in [0.5, 0.6) is 0 Å². The molecule has 1 nitrogen and oxygen atoms in total. The van der Waals surface area contributed by atoms with Crippen LogP contribution in [0, 0.1) is 0 Å². The molecule has 1 aromatic rings. The van der Waals surface area contributed by atoms with Gasteiger partial charge in [0, 0.05) is 5.56 Å². The fourth-order valence-electron chi connectivity index (χ4n) is 1.80. The van der Waals surface area contributed by atoms with Crippen molar-refractivity contribution in [2.24, 2.45) is 0 Å². The molecule has 1 aromatic carbocycles. The van der Waals surface area contributed by atoms with E-state index in [1.165, 1.54) is 11.1 Å². The van der Waals surface area contributed by atoms with E-state index in [4.69, 9.17) is 0 Å². The predicted molar refractivity (Wildman–Crippen MR) is 69.6 cm³/mol. The van der Waals surface area contributed by atoms with Crippen LogP contribution in [-0.4, -0.2) is 5.78 Å². The second-order valence-corrected chi connectivity index (χ2v) is 4.02.